The fourth-order valence-corrected chi connectivity index (χ4v) is 2.87. The number of aromatic nitrogens is 1. The van der Waals surface area contributed by atoms with Crippen LogP contribution in [-0.4, -0.2) is 26.9 Å². The van der Waals surface area contributed by atoms with Crippen LogP contribution in [0.1, 0.15) is 6.42 Å². The molecule has 0 aliphatic carbocycles. The normalized spacial score (nSPS) is 19.5. The third-order valence-electron chi connectivity index (χ3n) is 1.93. The monoisotopic (exact) mass is 260 g/mol. The molecule has 0 N–H and O–H groups in total. The minimum atomic E-state index is -1.01. The van der Waals surface area contributed by atoms with E-state index in [9.17, 15) is 4.55 Å². The lowest BCUT2D eigenvalue weighted by Crippen LogP contribution is -2.41. The van der Waals surface area contributed by atoms with E-state index in [1.54, 1.807) is 12.4 Å². The molecular formula is C8H9BrN2OS. The lowest BCUT2D eigenvalue weighted by atomic mass is 10.3. The topological polar surface area (TPSA) is 39.2 Å². The maximum Gasteiger partial charge on any atom is 0.193 e. The first-order valence-electron chi connectivity index (χ1n) is 4.05. The molecule has 1 fully saturated rings. The molecule has 13 heavy (non-hydrogen) atoms. The van der Waals surface area contributed by atoms with Gasteiger partial charge in [-0.1, -0.05) is 0 Å². The lowest BCUT2D eigenvalue weighted by Gasteiger charge is -2.30. The lowest BCUT2D eigenvalue weighted by molar-refractivity contribution is 0.309. The van der Waals surface area contributed by atoms with Gasteiger partial charge in [0.1, 0.15) is 0 Å². The van der Waals surface area contributed by atoms with E-state index in [0.29, 0.717) is 0 Å². The van der Waals surface area contributed by atoms with Crippen molar-refractivity contribution in [3.63, 3.8) is 0 Å². The van der Waals surface area contributed by atoms with E-state index in [-0.39, 0.29) is 0 Å². The van der Waals surface area contributed by atoms with E-state index in [4.69, 9.17) is 0 Å². The predicted molar refractivity (Wildman–Crippen MR) is 54.5 cm³/mol. The average molecular weight is 261 g/mol. The van der Waals surface area contributed by atoms with Crippen molar-refractivity contribution in [1.82, 2.24) is 9.29 Å². The molecule has 1 aromatic heterocycles. The maximum absolute atomic E-state index is 11.8. The largest absolute Gasteiger partial charge is 0.593 e. The Morgan fingerprint density at radius 2 is 2.23 bits per heavy atom. The summed E-state index contributed by atoms with van der Waals surface area (Å²) in [4.78, 5) is 4.75. The second-order valence-corrected chi connectivity index (χ2v) is 5.27. The summed E-state index contributed by atoms with van der Waals surface area (Å²) >= 11 is 2.29. The summed E-state index contributed by atoms with van der Waals surface area (Å²) in [5.74, 6) is 0. The molecule has 0 saturated carbocycles. The Bertz CT molecular complexity index is 306. The highest BCUT2D eigenvalue weighted by atomic mass is 79.9. The van der Waals surface area contributed by atoms with E-state index in [1.165, 1.54) is 0 Å². The molecule has 1 aliphatic heterocycles. The standard InChI is InChI=1S/C8H9BrN2OS/c9-7-4-8(6-10-5-7)13(12)11-2-1-3-11/h4-6H,1-3H2. The first kappa shape index (κ1) is 9.45. The minimum absolute atomic E-state index is 0.772. The zero-order valence-electron chi connectivity index (χ0n) is 6.94. The van der Waals surface area contributed by atoms with E-state index >= 15 is 0 Å². The highest BCUT2D eigenvalue weighted by molar-refractivity contribution is 9.10. The minimum Gasteiger partial charge on any atom is -0.593 e. The number of halogens is 1. The van der Waals surface area contributed by atoms with Crippen molar-refractivity contribution in [3.8, 4) is 0 Å². The molecule has 1 saturated heterocycles. The highest BCUT2D eigenvalue weighted by Gasteiger charge is 2.28. The average Bonchev–Trinajstić information content (AvgIpc) is 2.01. The SMILES string of the molecule is [O-][S+](c1cncc(Br)c1)N1CCC1. The maximum atomic E-state index is 11.8. The van der Waals surface area contributed by atoms with Crippen LogP contribution in [0, 0.1) is 0 Å². The fraction of sp³-hybridized carbons (Fsp3) is 0.375. The Hall–Kier alpha value is -0.100. The second kappa shape index (κ2) is 3.96. The van der Waals surface area contributed by atoms with Crippen molar-refractivity contribution in [2.75, 3.05) is 13.1 Å². The molecule has 0 amide bonds. The van der Waals surface area contributed by atoms with Crippen LogP contribution in [0.15, 0.2) is 27.8 Å². The molecule has 0 bridgehead atoms. The van der Waals surface area contributed by atoms with Crippen LogP contribution in [-0.2, 0) is 11.4 Å². The molecule has 0 spiro atoms. The van der Waals surface area contributed by atoms with E-state index in [1.807, 2.05) is 10.4 Å². The third-order valence-corrected chi connectivity index (χ3v) is 3.83. The Morgan fingerprint density at radius 3 is 2.77 bits per heavy atom. The van der Waals surface area contributed by atoms with E-state index in [0.717, 1.165) is 28.9 Å². The van der Waals surface area contributed by atoms with Gasteiger partial charge < -0.3 is 4.55 Å². The Balaban J connectivity index is 2.14. The van der Waals surface area contributed by atoms with Crippen LogP contribution >= 0.6 is 15.9 Å². The summed E-state index contributed by atoms with van der Waals surface area (Å²) < 4.78 is 14.6. The van der Waals surface area contributed by atoms with Gasteiger partial charge in [0.2, 0.25) is 0 Å². The van der Waals surface area contributed by atoms with Gasteiger partial charge in [-0.2, -0.15) is 0 Å². The Labute approximate surface area is 88.6 Å². The molecule has 2 rings (SSSR count). The summed E-state index contributed by atoms with van der Waals surface area (Å²) in [6.07, 6.45) is 4.49. The number of pyridine rings is 1. The first-order chi connectivity index (χ1) is 6.27. The van der Waals surface area contributed by atoms with Crippen LogP contribution in [0.4, 0.5) is 0 Å². The zero-order valence-corrected chi connectivity index (χ0v) is 9.34. The van der Waals surface area contributed by atoms with E-state index in [2.05, 4.69) is 20.9 Å². The molecule has 3 nitrogen and oxygen atoms in total. The molecule has 2 heterocycles. The van der Waals surface area contributed by atoms with Gasteiger partial charge in [0, 0.05) is 29.8 Å². The smallest absolute Gasteiger partial charge is 0.193 e. The van der Waals surface area contributed by atoms with Crippen molar-refractivity contribution < 1.29 is 4.55 Å². The van der Waals surface area contributed by atoms with Crippen molar-refractivity contribution in [3.05, 3.63) is 22.9 Å². The van der Waals surface area contributed by atoms with Crippen LogP contribution in [0.3, 0.4) is 0 Å². The molecule has 70 valence electrons. The molecule has 1 unspecified atom stereocenters. The van der Waals surface area contributed by atoms with Gasteiger partial charge in [-0.15, -0.1) is 4.31 Å². The van der Waals surface area contributed by atoms with Gasteiger partial charge in [-0.3, -0.25) is 4.98 Å². The summed E-state index contributed by atoms with van der Waals surface area (Å²) in [7, 11) is 0. The van der Waals surface area contributed by atoms with Crippen LogP contribution in [0.2, 0.25) is 0 Å². The molecule has 1 aromatic rings. The number of hydrogen-bond acceptors (Lipinski definition) is 3. The van der Waals surface area contributed by atoms with Crippen LogP contribution in [0.5, 0.6) is 0 Å². The first-order valence-corrected chi connectivity index (χ1v) is 5.95. The highest BCUT2D eigenvalue weighted by Crippen LogP contribution is 2.22. The fourth-order valence-electron chi connectivity index (χ4n) is 1.09. The second-order valence-electron chi connectivity index (χ2n) is 2.87. The summed E-state index contributed by atoms with van der Waals surface area (Å²) in [5.41, 5.74) is 0. The third kappa shape index (κ3) is 2.04. The Morgan fingerprint density at radius 1 is 1.46 bits per heavy atom. The van der Waals surface area contributed by atoms with Crippen molar-refractivity contribution in [1.29, 1.82) is 0 Å². The summed E-state index contributed by atoms with van der Waals surface area (Å²) in [6.45, 7) is 1.86. The number of hydrogen-bond donors (Lipinski definition) is 0. The van der Waals surface area contributed by atoms with Crippen LogP contribution < -0.4 is 0 Å². The molecular weight excluding hydrogens is 252 g/mol. The summed E-state index contributed by atoms with van der Waals surface area (Å²) in [6, 6.07) is 1.85. The molecule has 0 radical (unpaired) electrons. The van der Waals surface area contributed by atoms with Crippen molar-refractivity contribution in [2.24, 2.45) is 0 Å². The zero-order chi connectivity index (χ0) is 9.26. The number of nitrogens with zero attached hydrogens (tertiary/aromatic N) is 2. The molecule has 1 aliphatic rings. The molecule has 0 aromatic carbocycles. The quantitative estimate of drug-likeness (QED) is 0.758. The van der Waals surface area contributed by atoms with Gasteiger partial charge in [-0.25, -0.2) is 0 Å². The van der Waals surface area contributed by atoms with Gasteiger partial charge in [0.05, 0.1) is 17.6 Å². The number of rotatable bonds is 2. The Kier molecular flexibility index (Phi) is 2.88. The molecule has 5 heteroatoms. The predicted octanol–water partition coefficient (Wildman–Crippen LogP) is 1.57. The summed E-state index contributed by atoms with van der Waals surface area (Å²) in [5, 5.41) is 0. The van der Waals surface area contributed by atoms with E-state index < -0.39 is 11.4 Å². The van der Waals surface area contributed by atoms with Gasteiger partial charge in [-0.05, 0) is 22.4 Å². The van der Waals surface area contributed by atoms with Crippen molar-refractivity contribution >= 4 is 27.3 Å². The van der Waals surface area contributed by atoms with Gasteiger partial charge >= 0.3 is 0 Å². The van der Waals surface area contributed by atoms with Crippen molar-refractivity contribution in [2.45, 2.75) is 11.3 Å². The molecule has 1 atom stereocenters. The van der Waals surface area contributed by atoms with Gasteiger partial charge in [0.25, 0.3) is 0 Å². The van der Waals surface area contributed by atoms with Crippen LogP contribution in [0.25, 0.3) is 0 Å². The van der Waals surface area contributed by atoms with Gasteiger partial charge in [0.15, 0.2) is 4.90 Å².